The second kappa shape index (κ2) is 12.4. The summed E-state index contributed by atoms with van der Waals surface area (Å²) in [6, 6.07) is 0. The molecule has 1 aliphatic heterocycles. The fraction of sp³-hybridized carbons (Fsp3) is 0.941. The Morgan fingerprint density at radius 1 is 1.16 bits per heavy atom. The fourth-order valence-electron chi connectivity index (χ4n) is 2.74. The van der Waals surface area contributed by atoms with Gasteiger partial charge in [-0.2, -0.15) is 13.2 Å². The number of piperidine rings is 1. The van der Waals surface area contributed by atoms with Crippen molar-refractivity contribution in [3.8, 4) is 0 Å². The van der Waals surface area contributed by atoms with Crippen LogP contribution in [0.4, 0.5) is 13.2 Å². The maximum absolute atomic E-state index is 12.1. The molecule has 0 bridgehead atoms. The van der Waals surface area contributed by atoms with Crippen LogP contribution >= 0.6 is 0 Å². The number of nitrogens with one attached hydrogen (secondary N) is 1. The van der Waals surface area contributed by atoms with E-state index < -0.39 is 12.6 Å². The molecule has 0 unspecified atom stereocenters. The van der Waals surface area contributed by atoms with E-state index in [4.69, 9.17) is 9.47 Å². The van der Waals surface area contributed by atoms with Gasteiger partial charge in [0.25, 0.3) is 0 Å². The number of rotatable bonds is 10. The molecule has 5 nitrogen and oxygen atoms in total. The quantitative estimate of drug-likeness (QED) is 0.366. The van der Waals surface area contributed by atoms with Gasteiger partial charge in [-0.25, -0.2) is 0 Å². The molecule has 1 rings (SSSR count). The second-order valence-electron chi connectivity index (χ2n) is 6.21. The zero-order valence-corrected chi connectivity index (χ0v) is 15.4. The van der Waals surface area contributed by atoms with E-state index in [-0.39, 0.29) is 12.5 Å². The van der Waals surface area contributed by atoms with Crippen molar-refractivity contribution in [1.82, 2.24) is 10.2 Å². The number of aliphatic imine (C=N–C) groups is 1. The molecule has 1 saturated heterocycles. The minimum Gasteiger partial charge on any atom is -0.385 e. The van der Waals surface area contributed by atoms with E-state index in [1.165, 1.54) is 0 Å². The Morgan fingerprint density at radius 2 is 1.88 bits per heavy atom. The van der Waals surface area contributed by atoms with Crippen molar-refractivity contribution >= 4 is 5.96 Å². The molecule has 0 aliphatic carbocycles. The minimum atomic E-state index is -4.07. The Balaban J connectivity index is 2.30. The summed E-state index contributed by atoms with van der Waals surface area (Å²) in [6.45, 7) is 6.29. The molecule has 0 saturated carbocycles. The van der Waals surface area contributed by atoms with Crippen molar-refractivity contribution < 1.29 is 22.6 Å². The highest BCUT2D eigenvalue weighted by Crippen LogP contribution is 2.22. The number of ether oxygens (including phenoxy) is 2. The van der Waals surface area contributed by atoms with E-state index >= 15 is 0 Å². The van der Waals surface area contributed by atoms with Gasteiger partial charge in [0, 0.05) is 52.9 Å². The van der Waals surface area contributed by atoms with Crippen molar-refractivity contribution in [3.63, 3.8) is 0 Å². The Bertz CT molecular complexity index is 371. The molecule has 0 aromatic heterocycles. The van der Waals surface area contributed by atoms with Crippen molar-refractivity contribution in [1.29, 1.82) is 0 Å². The first kappa shape index (κ1) is 22.0. The Kier molecular flexibility index (Phi) is 10.9. The Morgan fingerprint density at radius 3 is 2.48 bits per heavy atom. The molecular formula is C17H32F3N3O2. The van der Waals surface area contributed by atoms with Gasteiger partial charge in [-0.3, -0.25) is 4.99 Å². The van der Waals surface area contributed by atoms with E-state index in [1.54, 1.807) is 7.11 Å². The average molecular weight is 367 g/mol. The van der Waals surface area contributed by atoms with Crippen LogP contribution < -0.4 is 5.32 Å². The highest BCUT2D eigenvalue weighted by atomic mass is 19.4. The number of hydrogen-bond acceptors (Lipinski definition) is 3. The predicted octanol–water partition coefficient (Wildman–Crippen LogP) is 3.20. The van der Waals surface area contributed by atoms with E-state index in [0.29, 0.717) is 26.2 Å². The van der Waals surface area contributed by atoms with Crippen LogP contribution in [0.5, 0.6) is 0 Å². The summed E-state index contributed by atoms with van der Waals surface area (Å²) in [5, 5.41) is 3.23. The summed E-state index contributed by atoms with van der Waals surface area (Å²) in [6.07, 6.45) is -1.18. The number of hydrogen-bond donors (Lipinski definition) is 1. The van der Waals surface area contributed by atoms with E-state index in [9.17, 15) is 13.2 Å². The van der Waals surface area contributed by atoms with Gasteiger partial charge < -0.3 is 19.7 Å². The first-order chi connectivity index (χ1) is 12.0. The van der Waals surface area contributed by atoms with Crippen LogP contribution in [0.25, 0.3) is 0 Å². The topological polar surface area (TPSA) is 46.1 Å². The molecule has 148 valence electrons. The maximum Gasteiger partial charge on any atom is 0.389 e. The molecule has 0 amide bonds. The van der Waals surface area contributed by atoms with E-state index in [2.05, 4.69) is 15.2 Å². The Hall–Kier alpha value is -1.02. The first-order valence-electron chi connectivity index (χ1n) is 9.16. The summed E-state index contributed by atoms with van der Waals surface area (Å²) in [7, 11) is 1.68. The van der Waals surface area contributed by atoms with Crippen LogP contribution in [-0.2, 0) is 9.47 Å². The highest BCUT2D eigenvalue weighted by molar-refractivity contribution is 5.80. The average Bonchev–Trinajstić information content (AvgIpc) is 2.57. The maximum atomic E-state index is 12.1. The third-order valence-corrected chi connectivity index (χ3v) is 4.05. The molecule has 0 spiro atoms. The SMILES string of the molecule is CCNC(=NCCCCC(F)(F)F)N1CCC(OCCCOC)CC1. The summed E-state index contributed by atoms with van der Waals surface area (Å²) >= 11 is 0. The molecule has 8 heteroatoms. The van der Waals surface area contributed by atoms with Gasteiger partial charge in [-0.05, 0) is 39.0 Å². The Labute approximate surface area is 149 Å². The van der Waals surface area contributed by atoms with Crippen molar-refractivity contribution in [2.75, 3.05) is 46.5 Å². The number of unbranched alkanes of at least 4 members (excludes halogenated alkanes) is 1. The largest absolute Gasteiger partial charge is 0.389 e. The van der Waals surface area contributed by atoms with Gasteiger partial charge in [0.05, 0.1) is 6.10 Å². The minimum absolute atomic E-state index is 0.129. The van der Waals surface area contributed by atoms with Crippen LogP contribution in [0.15, 0.2) is 4.99 Å². The lowest BCUT2D eigenvalue weighted by Crippen LogP contribution is -2.47. The zero-order chi connectivity index (χ0) is 18.5. The predicted molar refractivity (Wildman–Crippen MR) is 92.9 cm³/mol. The fourth-order valence-corrected chi connectivity index (χ4v) is 2.74. The molecular weight excluding hydrogens is 335 g/mol. The van der Waals surface area contributed by atoms with Crippen molar-refractivity contribution in [2.24, 2.45) is 4.99 Å². The molecule has 0 atom stereocenters. The number of alkyl halides is 3. The first-order valence-corrected chi connectivity index (χ1v) is 9.16. The van der Waals surface area contributed by atoms with Gasteiger partial charge in [0.15, 0.2) is 5.96 Å². The molecule has 0 aromatic rings. The van der Waals surface area contributed by atoms with Crippen LogP contribution in [0, 0.1) is 0 Å². The van der Waals surface area contributed by atoms with Gasteiger partial charge in [-0.1, -0.05) is 0 Å². The van der Waals surface area contributed by atoms with Gasteiger partial charge in [0.1, 0.15) is 0 Å². The summed E-state index contributed by atoms with van der Waals surface area (Å²) in [5.74, 6) is 0.798. The highest BCUT2D eigenvalue weighted by Gasteiger charge is 2.26. The standard InChI is InChI=1S/C17H32F3N3O2/c1-3-21-16(22-10-5-4-9-17(18,19)20)23-11-7-15(8-12-23)25-14-6-13-24-2/h15H,3-14H2,1-2H3,(H,21,22). The lowest BCUT2D eigenvalue weighted by molar-refractivity contribution is -0.135. The van der Waals surface area contributed by atoms with Gasteiger partial charge in [0.2, 0.25) is 0 Å². The normalized spacial score (nSPS) is 17.2. The molecule has 1 fully saturated rings. The smallest absolute Gasteiger partial charge is 0.385 e. The summed E-state index contributed by atoms with van der Waals surface area (Å²) in [4.78, 5) is 6.64. The van der Waals surface area contributed by atoms with E-state index in [1.807, 2.05) is 6.92 Å². The third-order valence-electron chi connectivity index (χ3n) is 4.05. The summed E-state index contributed by atoms with van der Waals surface area (Å²) < 4.78 is 47.3. The van der Waals surface area contributed by atoms with Crippen LogP contribution in [-0.4, -0.2) is 69.6 Å². The third kappa shape index (κ3) is 10.5. The lowest BCUT2D eigenvalue weighted by Gasteiger charge is -2.34. The number of nitrogens with zero attached hydrogens (tertiary/aromatic N) is 2. The number of methoxy groups -OCH3 is 1. The van der Waals surface area contributed by atoms with Crippen molar-refractivity contribution in [3.05, 3.63) is 0 Å². The number of guanidine groups is 1. The summed E-state index contributed by atoms with van der Waals surface area (Å²) in [5.41, 5.74) is 0. The van der Waals surface area contributed by atoms with Crippen molar-refractivity contribution in [2.45, 2.75) is 57.7 Å². The molecule has 0 radical (unpaired) electrons. The second-order valence-corrected chi connectivity index (χ2v) is 6.21. The lowest BCUT2D eigenvalue weighted by atomic mass is 10.1. The van der Waals surface area contributed by atoms with E-state index in [0.717, 1.165) is 44.9 Å². The molecule has 1 heterocycles. The molecule has 1 N–H and O–H groups in total. The van der Waals surface area contributed by atoms with Crippen LogP contribution in [0.2, 0.25) is 0 Å². The molecule has 1 aliphatic rings. The van der Waals surface area contributed by atoms with Gasteiger partial charge >= 0.3 is 6.18 Å². The van der Waals surface area contributed by atoms with Crippen LogP contribution in [0.3, 0.4) is 0 Å². The molecule has 0 aromatic carbocycles. The number of likely N-dealkylation sites (tertiary alicyclic amines) is 1. The van der Waals surface area contributed by atoms with Crippen LogP contribution in [0.1, 0.15) is 45.4 Å². The monoisotopic (exact) mass is 367 g/mol. The molecule has 25 heavy (non-hydrogen) atoms. The number of halogens is 3. The van der Waals surface area contributed by atoms with Gasteiger partial charge in [-0.15, -0.1) is 0 Å². The zero-order valence-electron chi connectivity index (χ0n) is 15.4.